The fourth-order valence-corrected chi connectivity index (χ4v) is 2.22. The lowest BCUT2D eigenvalue weighted by Crippen LogP contribution is -2.46. The molecule has 1 saturated heterocycles. The molecule has 1 aliphatic heterocycles. The minimum absolute atomic E-state index is 0.0289. The summed E-state index contributed by atoms with van der Waals surface area (Å²) >= 11 is 0. The van der Waals surface area contributed by atoms with Crippen LogP contribution in [0.4, 0.5) is 4.39 Å². The summed E-state index contributed by atoms with van der Waals surface area (Å²) in [4.78, 5) is 23.3. The van der Waals surface area contributed by atoms with E-state index in [1.165, 1.54) is 18.2 Å². The molecule has 5 nitrogen and oxygen atoms in total. The molecule has 2 N–H and O–H groups in total. The van der Waals surface area contributed by atoms with Gasteiger partial charge in [0.1, 0.15) is 5.82 Å². The highest BCUT2D eigenvalue weighted by atomic mass is 19.1. The standard InChI is InChI=1S/C14H16FNO4/c15-11-4-2-1-3-10(11)12(17)16-9-14(13(18)19)5-7-20-8-6-14/h1-4H,5-9H2,(H,16,17)(H,18,19). The third kappa shape index (κ3) is 2.96. The number of hydrogen-bond acceptors (Lipinski definition) is 3. The van der Waals surface area contributed by atoms with E-state index in [0.717, 1.165) is 0 Å². The first kappa shape index (κ1) is 14.5. The Balaban J connectivity index is 2.05. The Bertz CT molecular complexity index is 512. The summed E-state index contributed by atoms with van der Waals surface area (Å²) in [6.45, 7) is 0.669. The Morgan fingerprint density at radius 3 is 2.55 bits per heavy atom. The SMILES string of the molecule is O=C(NCC1(C(=O)O)CCOCC1)c1ccccc1F. The largest absolute Gasteiger partial charge is 0.481 e. The van der Waals surface area contributed by atoms with Gasteiger partial charge in [0.15, 0.2) is 0 Å². The van der Waals surface area contributed by atoms with Crippen molar-refractivity contribution in [1.29, 1.82) is 0 Å². The number of carboxylic acids is 1. The Morgan fingerprint density at radius 1 is 1.30 bits per heavy atom. The molecule has 2 rings (SSSR count). The van der Waals surface area contributed by atoms with Crippen molar-refractivity contribution in [2.24, 2.45) is 5.41 Å². The summed E-state index contributed by atoms with van der Waals surface area (Å²) in [6.07, 6.45) is 0.666. The molecule has 0 saturated carbocycles. The third-order valence-corrected chi connectivity index (χ3v) is 3.61. The van der Waals surface area contributed by atoms with Crippen LogP contribution in [-0.4, -0.2) is 36.7 Å². The van der Waals surface area contributed by atoms with E-state index in [9.17, 15) is 19.1 Å². The maximum atomic E-state index is 13.5. The van der Waals surface area contributed by atoms with Crippen molar-refractivity contribution in [1.82, 2.24) is 5.32 Å². The molecule has 1 heterocycles. The Labute approximate surface area is 115 Å². The van der Waals surface area contributed by atoms with Gasteiger partial charge in [-0.2, -0.15) is 0 Å². The Morgan fingerprint density at radius 2 is 1.95 bits per heavy atom. The van der Waals surface area contributed by atoms with Gasteiger partial charge in [-0.1, -0.05) is 12.1 Å². The molecule has 0 spiro atoms. The van der Waals surface area contributed by atoms with Crippen molar-refractivity contribution >= 4 is 11.9 Å². The van der Waals surface area contributed by atoms with Crippen LogP contribution in [0.5, 0.6) is 0 Å². The number of halogens is 1. The Kier molecular flexibility index (Phi) is 4.34. The van der Waals surface area contributed by atoms with Crippen LogP contribution in [0.3, 0.4) is 0 Å². The summed E-state index contributed by atoms with van der Waals surface area (Å²) in [5.41, 5.74) is -1.11. The van der Waals surface area contributed by atoms with Gasteiger partial charge in [0.25, 0.3) is 5.91 Å². The molecule has 0 unspecified atom stereocenters. The summed E-state index contributed by atoms with van der Waals surface area (Å²) in [5.74, 6) is -2.19. The van der Waals surface area contributed by atoms with E-state index in [2.05, 4.69) is 5.32 Å². The third-order valence-electron chi connectivity index (χ3n) is 3.61. The summed E-state index contributed by atoms with van der Waals surface area (Å²) in [7, 11) is 0. The summed E-state index contributed by atoms with van der Waals surface area (Å²) in [5, 5.41) is 11.9. The van der Waals surface area contributed by atoms with Gasteiger partial charge in [-0.05, 0) is 25.0 Å². The van der Waals surface area contributed by atoms with Crippen LogP contribution in [0.1, 0.15) is 23.2 Å². The molecule has 6 heteroatoms. The lowest BCUT2D eigenvalue weighted by Gasteiger charge is -2.33. The predicted octanol–water partition coefficient (Wildman–Crippen LogP) is 1.44. The molecule has 1 aliphatic rings. The number of aliphatic carboxylic acids is 1. The van der Waals surface area contributed by atoms with Crippen LogP contribution < -0.4 is 5.32 Å². The molecule has 108 valence electrons. The van der Waals surface area contributed by atoms with E-state index in [4.69, 9.17) is 4.74 Å². The van der Waals surface area contributed by atoms with Crippen molar-refractivity contribution in [3.8, 4) is 0 Å². The second kappa shape index (κ2) is 6.00. The molecule has 1 aromatic carbocycles. The van der Waals surface area contributed by atoms with E-state index >= 15 is 0 Å². The van der Waals surface area contributed by atoms with Gasteiger partial charge in [-0.3, -0.25) is 9.59 Å². The summed E-state index contributed by atoms with van der Waals surface area (Å²) in [6, 6.07) is 5.60. The number of amides is 1. The van der Waals surface area contributed by atoms with Crippen LogP contribution in [0.25, 0.3) is 0 Å². The molecule has 1 fully saturated rings. The maximum Gasteiger partial charge on any atom is 0.311 e. The van der Waals surface area contributed by atoms with Crippen molar-refractivity contribution in [3.63, 3.8) is 0 Å². The molecule has 1 amide bonds. The van der Waals surface area contributed by atoms with Gasteiger partial charge in [-0.25, -0.2) is 4.39 Å². The predicted molar refractivity (Wildman–Crippen MR) is 68.9 cm³/mol. The zero-order valence-corrected chi connectivity index (χ0v) is 10.9. The highest BCUT2D eigenvalue weighted by Gasteiger charge is 2.40. The first-order chi connectivity index (χ1) is 9.55. The number of rotatable bonds is 4. The van der Waals surface area contributed by atoms with E-state index in [-0.39, 0.29) is 12.1 Å². The minimum Gasteiger partial charge on any atom is -0.481 e. The molecule has 0 aromatic heterocycles. The van der Waals surface area contributed by atoms with E-state index < -0.39 is 23.1 Å². The average Bonchev–Trinajstić information content (AvgIpc) is 2.46. The summed E-state index contributed by atoms with van der Waals surface area (Å²) < 4.78 is 18.6. The second-order valence-corrected chi connectivity index (χ2v) is 4.86. The first-order valence-corrected chi connectivity index (χ1v) is 6.39. The number of carboxylic acid groups (broad SMARTS) is 1. The number of benzene rings is 1. The number of hydrogen-bond donors (Lipinski definition) is 2. The maximum absolute atomic E-state index is 13.5. The van der Waals surface area contributed by atoms with Crippen molar-refractivity contribution < 1.29 is 23.8 Å². The Hall–Kier alpha value is -1.95. The number of carbonyl (C=O) groups is 2. The fraction of sp³-hybridized carbons (Fsp3) is 0.429. The number of nitrogens with one attached hydrogen (secondary N) is 1. The molecule has 0 radical (unpaired) electrons. The molecule has 0 aliphatic carbocycles. The first-order valence-electron chi connectivity index (χ1n) is 6.39. The molecular formula is C14H16FNO4. The van der Waals surface area contributed by atoms with Crippen LogP contribution in [0.2, 0.25) is 0 Å². The van der Waals surface area contributed by atoms with Crippen molar-refractivity contribution in [3.05, 3.63) is 35.6 Å². The molecule has 0 atom stereocenters. The van der Waals surface area contributed by atoms with Gasteiger partial charge in [0, 0.05) is 19.8 Å². The van der Waals surface area contributed by atoms with Crippen LogP contribution in [-0.2, 0) is 9.53 Å². The lowest BCUT2D eigenvalue weighted by atomic mass is 9.80. The van der Waals surface area contributed by atoms with Crippen molar-refractivity contribution in [2.45, 2.75) is 12.8 Å². The highest BCUT2D eigenvalue weighted by molar-refractivity contribution is 5.94. The number of ether oxygens (including phenoxy) is 1. The second-order valence-electron chi connectivity index (χ2n) is 4.86. The molecule has 1 aromatic rings. The highest BCUT2D eigenvalue weighted by Crippen LogP contribution is 2.30. The van der Waals surface area contributed by atoms with E-state index in [1.54, 1.807) is 6.07 Å². The lowest BCUT2D eigenvalue weighted by molar-refractivity contribution is -0.154. The topological polar surface area (TPSA) is 75.6 Å². The zero-order valence-electron chi connectivity index (χ0n) is 10.9. The van der Waals surface area contributed by atoms with Gasteiger partial charge < -0.3 is 15.2 Å². The molecule has 0 bridgehead atoms. The zero-order chi connectivity index (χ0) is 14.6. The van der Waals surface area contributed by atoms with Crippen LogP contribution in [0.15, 0.2) is 24.3 Å². The van der Waals surface area contributed by atoms with E-state index in [0.29, 0.717) is 26.1 Å². The monoisotopic (exact) mass is 281 g/mol. The van der Waals surface area contributed by atoms with E-state index in [1.807, 2.05) is 0 Å². The van der Waals surface area contributed by atoms with Crippen molar-refractivity contribution in [2.75, 3.05) is 19.8 Å². The smallest absolute Gasteiger partial charge is 0.311 e. The molecular weight excluding hydrogens is 265 g/mol. The normalized spacial score (nSPS) is 17.4. The molecule has 20 heavy (non-hydrogen) atoms. The van der Waals surface area contributed by atoms with Gasteiger partial charge in [0.2, 0.25) is 0 Å². The average molecular weight is 281 g/mol. The fourth-order valence-electron chi connectivity index (χ4n) is 2.22. The number of carbonyl (C=O) groups excluding carboxylic acids is 1. The van der Waals surface area contributed by atoms with Gasteiger partial charge in [0.05, 0.1) is 11.0 Å². The van der Waals surface area contributed by atoms with Crippen LogP contribution in [0, 0.1) is 11.2 Å². The van der Waals surface area contributed by atoms with Crippen LogP contribution >= 0.6 is 0 Å². The van der Waals surface area contributed by atoms with Gasteiger partial charge in [-0.15, -0.1) is 0 Å². The minimum atomic E-state index is -1.03. The quantitative estimate of drug-likeness (QED) is 0.875. The van der Waals surface area contributed by atoms with Gasteiger partial charge >= 0.3 is 5.97 Å².